The molecular weight excluding hydrogens is 661 g/mol. The monoisotopic (exact) mass is 702 g/mol. The predicted octanol–water partition coefficient (Wildman–Crippen LogP) is 6.88. The lowest BCUT2D eigenvalue weighted by atomic mass is 9.44. The van der Waals surface area contributed by atoms with Crippen molar-refractivity contribution in [2.24, 2.45) is 23.7 Å². The first-order chi connectivity index (χ1) is 25.9. The van der Waals surface area contributed by atoms with E-state index in [9.17, 15) is 14.7 Å². The summed E-state index contributed by atoms with van der Waals surface area (Å²) in [4.78, 5) is 63.2. The van der Waals surface area contributed by atoms with Gasteiger partial charge in [-0.3, -0.25) is 29.0 Å². The van der Waals surface area contributed by atoms with Gasteiger partial charge in [-0.1, -0.05) is 115 Å². The number of carbonyl (C=O) groups is 4. The minimum absolute atomic E-state index is 0.100. The second-order valence-electron chi connectivity index (χ2n) is 15.4. The van der Waals surface area contributed by atoms with Crippen molar-refractivity contribution in [1.82, 2.24) is 9.80 Å². The number of fused-ring (bicyclic) bond motifs is 4. The van der Waals surface area contributed by atoms with Crippen molar-refractivity contribution in [3.63, 3.8) is 0 Å². The van der Waals surface area contributed by atoms with Gasteiger partial charge in [-0.25, -0.2) is 0 Å². The Morgan fingerprint density at radius 3 is 2.04 bits per heavy atom. The summed E-state index contributed by atoms with van der Waals surface area (Å²) in [7, 11) is 0. The average Bonchev–Trinajstić information content (AvgIpc) is 3.46. The first-order valence-electron chi connectivity index (χ1n) is 18.9. The Bertz CT molecular complexity index is 2140. The summed E-state index contributed by atoms with van der Waals surface area (Å²) >= 11 is 0. The van der Waals surface area contributed by atoms with Crippen LogP contribution in [-0.4, -0.2) is 57.4 Å². The van der Waals surface area contributed by atoms with Gasteiger partial charge in [0.15, 0.2) is 11.6 Å². The molecule has 0 radical (unpaired) electrons. The van der Waals surface area contributed by atoms with E-state index in [2.05, 4.69) is 23.1 Å². The van der Waals surface area contributed by atoms with E-state index in [4.69, 9.17) is 0 Å². The Kier molecular flexibility index (Phi) is 8.34. The maximum Gasteiger partial charge on any atom is 0.233 e. The van der Waals surface area contributed by atoms with Crippen LogP contribution < -0.4 is 0 Å². The van der Waals surface area contributed by atoms with E-state index in [1.54, 1.807) is 17.0 Å². The molecule has 3 aliphatic carbocycles. The van der Waals surface area contributed by atoms with Crippen LogP contribution in [0.1, 0.15) is 53.9 Å². The maximum atomic E-state index is 15.1. The molecule has 2 aliphatic heterocycles. The molecule has 0 bridgehead atoms. The highest BCUT2D eigenvalue weighted by Crippen LogP contribution is 2.63. The third kappa shape index (κ3) is 5.35. The molecular formula is C46H42N2O5. The van der Waals surface area contributed by atoms with Crippen LogP contribution >= 0.6 is 0 Å². The number of amides is 2. The van der Waals surface area contributed by atoms with Gasteiger partial charge in [0.1, 0.15) is 5.75 Å². The highest BCUT2D eigenvalue weighted by atomic mass is 16.3. The third-order valence-electron chi connectivity index (χ3n) is 12.8. The van der Waals surface area contributed by atoms with E-state index in [1.165, 1.54) is 11.6 Å². The Balaban J connectivity index is 1.11. The maximum absolute atomic E-state index is 15.1. The SMILES string of the molecule is O=C1C(c2ccccc2)=CC(=O)C2(c3ccccc3)C1CC1C(=CCC3C(=O)N(C4CCN(Cc5ccccc5)CC4)C(=O)C31)C2c1ccc(O)cc1. The Labute approximate surface area is 309 Å². The fourth-order valence-corrected chi connectivity index (χ4v) is 10.5. The van der Waals surface area contributed by atoms with Crippen LogP contribution in [0.4, 0.5) is 0 Å². The number of carbonyl (C=O) groups excluding carboxylic acids is 4. The molecule has 4 aromatic rings. The number of likely N-dealkylation sites (tertiary alicyclic amines) is 2. The zero-order valence-electron chi connectivity index (χ0n) is 29.5. The molecule has 2 saturated heterocycles. The van der Waals surface area contributed by atoms with Gasteiger partial charge in [-0.2, -0.15) is 0 Å². The molecule has 9 rings (SSSR count). The Morgan fingerprint density at radius 1 is 0.717 bits per heavy atom. The van der Waals surface area contributed by atoms with Crippen LogP contribution in [0.5, 0.6) is 5.75 Å². The van der Waals surface area contributed by atoms with E-state index in [-0.39, 0.29) is 41.6 Å². The third-order valence-corrected chi connectivity index (χ3v) is 12.8. The molecule has 7 heteroatoms. The molecule has 5 aliphatic rings. The number of hydrogen-bond acceptors (Lipinski definition) is 6. The zero-order valence-corrected chi connectivity index (χ0v) is 29.5. The quantitative estimate of drug-likeness (QED) is 0.174. The van der Waals surface area contributed by atoms with Crippen LogP contribution in [0.3, 0.4) is 0 Å². The number of benzene rings is 4. The fraction of sp³-hybridized carbons (Fsp3) is 0.304. The van der Waals surface area contributed by atoms with E-state index in [1.807, 2.05) is 91.0 Å². The number of aromatic hydroxyl groups is 1. The molecule has 6 atom stereocenters. The Morgan fingerprint density at radius 2 is 1.36 bits per heavy atom. The lowest BCUT2D eigenvalue weighted by Gasteiger charge is -2.55. The van der Waals surface area contributed by atoms with Crippen LogP contribution in [0.2, 0.25) is 0 Å². The van der Waals surface area contributed by atoms with Crippen molar-refractivity contribution >= 4 is 29.0 Å². The van der Waals surface area contributed by atoms with Gasteiger partial charge in [0.2, 0.25) is 11.8 Å². The van der Waals surface area contributed by atoms with Gasteiger partial charge in [0, 0.05) is 43.1 Å². The molecule has 3 fully saturated rings. The summed E-state index contributed by atoms with van der Waals surface area (Å²) in [6, 6.07) is 36.0. The van der Waals surface area contributed by atoms with E-state index in [0.29, 0.717) is 17.6 Å². The predicted molar refractivity (Wildman–Crippen MR) is 201 cm³/mol. The smallest absolute Gasteiger partial charge is 0.233 e. The number of ketones is 2. The summed E-state index contributed by atoms with van der Waals surface area (Å²) in [5.74, 6) is -3.28. The van der Waals surface area contributed by atoms with Crippen molar-refractivity contribution in [1.29, 1.82) is 0 Å². The summed E-state index contributed by atoms with van der Waals surface area (Å²) in [5, 5.41) is 10.4. The molecule has 4 aromatic carbocycles. The van der Waals surface area contributed by atoms with Gasteiger partial charge in [-0.15, -0.1) is 0 Å². The highest BCUT2D eigenvalue weighted by Gasteiger charge is 2.66. The molecule has 1 N–H and O–H groups in total. The minimum Gasteiger partial charge on any atom is -0.508 e. The normalized spacial score (nSPS) is 28.9. The van der Waals surface area contributed by atoms with Crippen LogP contribution in [0.15, 0.2) is 133 Å². The lowest BCUT2D eigenvalue weighted by Crippen LogP contribution is -2.58. The van der Waals surface area contributed by atoms with E-state index < -0.39 is 35.0 Å². The second kappa shape index (κ2) is 13.2. The van der Waals surface area contributed by atoms with Gasteiger partial charge >= 0.3 is 0 Å². The largest absolute Gasteiger partial charge is 0.508 e. The van der Waals surface area contributed by atoms with Crippen LogP contribution in [-0.2, 0) is 31.1 Å². The Hall–Kier alpha value is -5.40. The summed E-state index contributed by atoms with van der Waals surface area (Å²) in [6.45, 7) is 2.44. The summed E-state index contributed by atoms with van der Waals surface area (Å²) < 4.78 is 0. The molecule has 2 heterocycles. The van der Waals surface area contributed by atoms with Crippen molar-refractivity contribution in [3.8, 4) is 5.75 Å². The molecule has 7 nitrogen and oxygen atoms in total. The average molecular weight is 703 g/mol. The minimum atomic E-state index is -1.28. The summed E-state index contributed by atoms with van der Waals surface area (Å²) in [6.07, 6.45) is 5.79. The van der Waals surface area contributed by atoms with Crippen LogP contribution in [0, 0.1) is 23.7 Å². The van der Waals surface area contributed by atoms with E-state index in [0.717, 1.165) is 49.2 Å². The first kappa shape index (κ1) is 33.4. The zero-order chi connectivity index (χ0) is 36.3. The van der Waals surface area contributed by atoms with Gasteiger partial charge in [0.25, 0.3) is 0 Å². The number of allylic oxidation sites excluding steroid dienone is 4. The van der Waals surface area contributed by atoms with Crippen molar-refractivity contribution in [3.05, 3.63) is 155 Å². The number of imide groups is 1. The number of Topliss-reactive ketones (excluding diaryl/α,β-unsaturated/α-hetero) is 1. The number of nitrogens with zero attached hydrogens (tertiary/aromatic N) is 2. The number of rotatable bonds is 6. The van der Waals surface area contributed by atoms with Crippen molar-refractivity contribution in [2.45, 2.75) is 49.6 Å². The number of hydrogen-bond donors (Lipinski definition) is 1. The second-order valence-corrected chi connectivity index (χ2v) is 15.4. The molecule has 6 unspecified atom stereocenters. The van der Waals surface area contributed by atoms with Gasteiger partial charge in [0.05, 0.1) is 17.3 Å². The van der Waals surface area contributed by atoms with Gasteiger partial charge in [-0.05, 0) is 72.1 Å². The number of phenols is 1. The standard InChI is InChI=1S/C46H42N2O5/c49-34-18-16-31(17-19-34)42-35-20-21-36-41(45(53)48(44(36)52)33-22-24-47(25-23-33)28-29-10-4-1-5-11-29)38(35)26-39-43(51)37(30-12-6-2-7-13-30)27-40(50)46(39,42)32-14-8-3-9-15-32/h1-20,27,33,36,38-39,41-42,49H,21-26,28H2. The molecule has 0 aromatic heterocycles. The van der Waals surface area contributed by atoms with Crippen molar-refractivity contribution < 1.29 is 24.3 Å². The molecule has 0 spiro atoms. The number of piperidine rings is 1. The molecule has 2 amide bonds. The number of phenolic OH excluding ortho intramolecular Hbond substituents is 1. The summed E-state index contributed by atoms with van der Waals surface area (Å²) in [5.41, 5.74) is 3.53. The molecule has 266 valence electrons. The molecule has 1 saturated carbocycles. The van der Waals surface area contributed by atoms with Crippen molar-refractivity contribution in [2.75, 3.05) is 13.1 Å². The van der Waals surface area contributed by atoms with Gasteiger partial charge < -0.3 is 5.11 Å². The topological polar surface area (TPSA) is 95.0 Å². The molecule has 53 heavy (non-hydrogen) atoms. The highest BCUT2D eigenvalue weighted by molar-refractivity contribution is 6.31. The van der Waals surface area contributed by atoms with Crippen LogP contribution in [0.25, 0.3) is 5.57 Å². The fourth-order valence-electron chi connectivity index (χ4n) is 10.5. The lowest BCUT2D eigenvalue weighted by molar-refractivity contribution is -0.144. The van der Waals surface area contributed by atoms with E-state index >= 15 is 9.59 Å². The first-order valence-corrected chi connectivity index (χ1v) is 18.9.